The van der Waals surface area contributed by atoms with Crippen LogP contribution in [-0.4, -0.2) is 83.1 Å². The van der Waals surface area contributed by atoms with Crippen molar-refractivity contribution in [3.05, 3.63) is 10.1 Å². The van der Waals surface area contributed by atoms with Gasteiger partial charge in [0, 0.05) is 19.1 Å². The van der Waals surface area contributed by atoms with Crippen molar-refractivity contribution in [1.29, 1.82) is 0 Å². The van der Waals surface area contributed by atoms with Crippen LogP contribution in [0, 0.1) is 33.3 Å². The molecule has 0 radical (unpaired) electrons. The summed E-state index contributed by atoms with van der Waals surface area (Å²) < 4.78 is 13.2. The molecule has 43 heavy (non-hydrogen) atoms. The van der Waals surface area contributed by atoms with Gasteiger partial charge in [0.2, 0.25) is 24.0 Å². The number of nitrogens with zero attached hydrogens (tertiary/aromatic N) is 2. The number of carbonyl (C=O) groups excluding carboxylic acids is 3. The maximum absolute atomic E-state index is 13.7. The first-order chi connectivity index (χ1) is 20.2. The predicted octanol–water partition coefficient (Wildman–Crippen LogP) is 1.15. The van der Waals surface area contributed by atoms with Crippen molar-refractivity contribution in [1.82, 2.24) is 31.8 Å². The standard InChI is InChI=1S/C27H48BN7O7S/c1-16(2)12-22(28-41-21-14-18-13-20(26(18,4)5)27(21,6)42-28)32-24(38)19(8-7-10-29-25-33-34(25)35(39)40)31-23(37)9-11-43-15-30-17(3)36/h16,18-22,25,29,33H,7-15H2,1-6H3,(H,30,36)(H,31,37)(H,32,38)/t18-,19-,20-,21+,22-,25?,27-,34?/m0/s1. The van der Waals surface area contributed by atoms with Crippen LogP contribution in [0.5, 0.6) is 0 Å². The van der Waals surface area contributed by atoms with Gasteiger partial charge in [-0.05, 0) is 73.9 Å². The zero-order valence-corrected chi connectivity index (χ0v) is 27.0. The number of rotatable bonds is 17. The highest BCUT2D eigenvalue weighted by molar-refractivity contribution is 7.99. The average molecular weight is 626 g/mol. The lowest BCUT2D eigenvalue weighted by molar-refractivity contribution is -0.627. The van der Waals surface area contributed by atoms with E-state index < -0.39 is 30.1 Å². The molecule has 2 bridgehead atoms. The maximum atomic E-state index is 13.7. The smallest absolute Gasteiger partial charge is 0.404 e. The van der Waals surface area contributed by atoms with E-state index in [-0.39, 0.29) is 47.5 Å². The minimum Gasteiger partial charge on any atom is -0.404 e. The van der Waals surface area contributed by atoms with Gasteiger partial charge in [-0.3, -0.25) is 19.7 Å². The molecule has 5 aliphatic rings. The van der Waals surface area contributed by atoms with Crippen LogP contribution in [0.25, 0.3) is 0 Å². The molecule has 5 rings (SSSR count). The van der Waals surface area contributed by atoms with Crippen LogP contribution >= 0.6 is 11.8 Å². The SMILES string of the molecule is CC(=O)NCSCCC(=O)N[C@@H](CCCNC1NN1[N+](=O)[O-])C(=O)N[C@@H](CC(C)C)B1O[C@@H]2C[C@@H]3C[C@@H](C3(C)C)[C@]2(C)O1. The molecular formula is C27H48BN7O7S. The highest BCUT2D eigenvalue weighted by atomic mass is 32.2. The van der Waals surface area contributed by atoms with Crippen LogP contribution in [-0.2, 0) is 23.7 Å². The molecule has 14 nitrogen and oxygen atoms in total. The van der Waals surface area contributed by atoms with Gasteiger partial charge in [0.1, 0.15) is 6.04 Å². The molecule has 1 unspecified atom stereocenters. The lowest BCUT2D eigenvalue weighted by atomic mass is 9.43. The molecule has 5 fully saturated rings. The fraction of sp³-hybridized carbons (Fsp3) is 0.889. The average Bonchev–Trinajstić information content (AvgIpc) is 3.60. The summed E-state index contributed by atoms with van der Waals surface area (Å²) in [5.74, 6) is 1.10. The Morgan fingerprint density at radius 3 is 2.58 bits per heavy atom. The molecule has 7 atom stereocenters. The summed E-state index contributed by atoms with van der Waals surface area (Å²) in [6, 6.07) is -0.797. The molecule has 3 aliphatic carbocycles. The molecule has 3 amide bonds. The van der Waals surface area contributed by atoms with Crippen LogP contribution < -0.4 is 26.7 Å². The van der Waals surface area contributed by atoms with E-state index in [2.05, 4.69) is 61.3 Å². The molecule has 2 heterocycles. The van der Waals surface area contributed by atoms with Gasteiger partial charge in [-0.15, -0.1) is 17.2 Å². The number of amides is 3. The van der Waals surface area contributed by atoms with E-state index in [0.717, 1.165) is 18.0 Å². The normalized spacial score (nSPS) is 29.7. The minimum absolute atomic E-state index is 0.00725. The number of hydrazine groups is 2. The molecule has 5 N–H and O–H groups in total. The largest absolute Gasteiger partial charge is 0.481 e. The Hall–Kier alpha value is -2.14. The van der Waals surface area contributed by atoms with Crippen LogP contribution in [0.2, 0.25) is 0 Å². The topological polar surface area (TPSA) is 186 Å². The fourth-order valence-electron chi connectivity index (χ4n) is 6.94. The number of hydrogen-bond donors (Lipinski definition) is 5. The summed E-state index contributed by atoms with van der Waals surface area (Å²) in [7, 11) is -0.575. The molecule has 2 aliphatic heterocycles. The van der Waals surface area contributed by atoms with Crippen molar-refractivity contribution in [3.8, 4) is 0 Å². The third kappa shape index (κ3) is 8.13. The Morgan fingerprint density at radius 2 is 1.95 bits per heavy atom. The molecule has 0 aromatic carbocycles. The second-order valence-corrected chi connectivity index (χ2v) is 14.6. The quantitative estimate of drug-likeness (QED) is 0.0390. The van der Waals surface area contributed by atoms with E-state index >= 15 is 0 Å². The van der Waals surface area contributed by atoms with E-state index in [1.165, 1.54) is 18.7 Å². The van der Waals surface area contributed by atoms with Crippen LogP contribution in [0.4, 0.5) is 0 Å². The second-order valence-electron chi connectivity index (χ2n) is 13.4. The lowest BCUT2D eigenvalue weighted by Crippen LogP contribution is -2.65. The first kappa shape index (κ1) is 33.8. The first-order valence-corrected chi connectivity index (χ1v) is 16.6. The van der Waals surface area contributed by atoms with Gasteiger partial charge in [0.15, 0.2) is 5.03 Å². The van der Waals surface area contributed by atoms with Gasteiger partial charge >= 0.3 is 7.12 Å². The highest BCUT2D eigenvalue weighted by Crippen LogP contribution is 2.65. The third-order valence-corrected chi connectivity index (χ3v) is 10.4. The van der Waals surface area contributed by atoms with E-state index in [4.69, 9.17) is 9.31 Å². The third-order valence-electron chi connectivity index (χ3n) is 9.51. The van der Waals surface area contributed by atoms with Crippen LogP contribution in [0.3, 0.4) is 0 Å². The van der Waals surface area contributed by atoms with E-state index in [9.17, 15) is 24.5 Å². The summed E-state index contributed by atoms with van der Waals surface area (Å²) in [6.45, 7) is 12.8. The molecule has 3 saturated carbocycles. The Bertz CT molecular complexity index is 1060. The van der Waals surface area contributed by atoms with Crippen molar-refractivity contribution >= 4 is 36.6 Å². The molecule has 0 aromatic heterocycles. The summed E-state index contributed by atoms with van der Waals surface area (Å²) in [5.41, 5.74) is 2.39. The van der Waals surface area contributed by atoms with Gasteiger partial charge in [-0.2, -0.15) is 0 Å². The Kier molecular flexibility index (Phi) is 10.9. The molecule has 242 valence electrons. The van der Waals surface area contributed by atoms with Crippen molar-refractivity contribution < 1.29 is 28.7 Å². The van der Waals surface area contributed by atoms with Gasteiger partial charge in [0.25, 0.3) is 0 Å². The second kappa shape index (κ2) is 13.9. The van der Waals surface area contributed by atoms with Gasteiger partial charge in [0.05, 0.1) is 23.5 Å². The predicted molar refractivity (Wildman–Crippen MR) is 162 cm³/mol. The van der Waals surface area contributed by atoms with Gasteiger partial charge in [-0.1, -0.05) is 27.7 Å². The van der Waals surface area contributed by atoms with Gasteiger partial charge < -0.3 is 25.3 Å². The van der Waals surface area contributed by atoms with Crippen molar-refractivity contribution in [2.24, 2.45) is 23.2 Å². The van der Waals surface area contributed by atoms with Crippen molar-refractivity contribution in [2.45, 2.75) is 110 Å². The Labute approximate surface area is 258 Å². The highest BCUT2D eigenvalue weighted by Gasteiger charge is 2.68. The summed E-state index contributed by atoms with van der Waals surface area (Å²) in [5, 5.41) is 22.8. The zero-order valence-electron chi connectivity index (χ0n) is 26.1. The molecule has 2 saturated heterocycles. The lowest BCUT2D eigenvalue weighted by Gasteiger charge is -2.64. The Morgan fingerprint density at radius 1 is 1.21 bits per heavy atom. The van der Waals surface area contributed by atoms with Crippen LogP contribution in [0.15, 0.2) is 0 Å². The number of nitro groups is 1. The van der Waals surface area contributed by atoms with Crippen molar-refractivity contribution in [2.75, 3.05) is 18.2 Å². The number of nitrogens with one attached hydrogen (secondary N) is 5. The molecule has 16 heteroatoms. The Balaban J connectivity index is 1.36. The monoisotopic (exact) mass is 625 g/mol. The van der Waals surface area contributed by atoms with Crippen LogP contribution in [0.1, 0.15) is 80.1 Å². The summed E-state index contributed by atoms with van der Waals surface area (Å²) in [4.78, 5) is 48.4. The van der Waals surface area contributed by atoms with E-state index in [0.29, 0.717) is 49.3 Å². The summed E-state index contributed by atoms with van der Waals surface area (Å²) >= 11 is 1.42. The number of hydrogen-bond acceptors (Lipinski definition) is 10. The van der Waals surface area contributed by atoms with Crippen molar-refractivity contribution in [3.63, 3.8) is 0 Å². The molecule has 0 aromatic rings. The fourth-order valence-corrected chi connectivity index (χ4v) is 7.72. The number of thioether (sulfide) groups is 1. The molecule has 0 spiro atoms. The number of carbonyl (C=O) groups is 3. The van der Waals surface area contributed by atoms with Gasteiger partial charge in [-0.25, -0.2) is 10.1 Å². The van der Waals surface area contributed by atoms with E-state index in [1.807, 2.05) is 0 Å². The zero-order chi connectivity index (χ0) is 31.5. The summed E-state index contributed by atoms with van der Waals surface area (Å²) in [6.07, 6.45) is 3.22. The van der Waals surface area contributed by atoms with E-state index in [1.54, 1.807) is 0 Å². The first-order valence-electron chi connectivity index (χ1n) is 15.4. The maximum Gasteiger partial charge on any atom is 0.481 e. The minimum atomic E-state index is -0.797. The molecular weight excluding hydrogens is 577 g/mol.